The predicted octanol–water partition coefficient (Wildman–Crippen LogP) is 0.970. The molecule has 0 radical (unpaired) electrons. The fourth-order valence-electron chi connectivity index (χ4n) is 2.85. The van der Waals surface area contributed by atoms with Gasteiger partial charge in [-0.15, -0.1) is 0 Å². The van der Waals surface area contributed by atoms with Crippen LogP contribution in [-0.4, -0.2) is 35.2 Å². The predicted molar refractivity (Wildman–Crippen MR) is 90.7 cm³/mol. The summed E-state index contributed by atoms with van der Waals surface area (Å²) in [6.07, 6.45) is 0.168. The Labute approximate surface area is 142 Å². The summed E-state index contributed by atoms with van der Waals surface area (Å²) in [4.78, 5) is 37.6. The van der Waals surface area contributed by atoms with Crippen LogP contribution >= 0.6 is 0 Å². The van der Waals surface area contributed by atoms with E-state index in [1.165, 1.54) is 0 Å². The first-order valence-electron chi connectivity index (χ1n) is 8.21. The lowest BCUT2D eigenvalue weighted by atomic mass is 10.0. The van der Waals surface area contributed by atoms with Crippen molar-refractivity contribution in [3.05, 3.63) is 35.4 Å². The minimum atomic E-state index is -0.709. The van der Waals surface area contributed by atoms with Crippen LogP contribution in [0.2, 0.25) is 0 Å². The summed E-state index contributed by atoms with van der Waals surface area (Å²) in [5.74, 6) is -1.42. The highest BCUT2D eigenvalue weighted by Gasteiger charge is 2.36. The van der Waals surface area contributed by atoms with Crippen LogP contribution in [0.1, 0.15) is 31.4 Å². The van der Waals surface area contributed by atoms with Crippen molar-refractivity contribution < 1.29 is 14.4 Å². The molecule has 0 saturated carbocycles. The van der Waals surface area contributed by atoms with Gasteiger partial charge in [0.2, 0.25) is 17.7 Å². The Kier molecular flexibility index (Phi) is 5.59. The summed E-state index contributed by atoms with van der Waals surface area (Å²) in [5.41, 5.74) is 7.52. The van der Waals surface area contributed by atoms with E-state index >= 15 is 0 Å². The van der Waals surface area contributed by atoms with Gasteiger partial charge in [-0.1, -0.05) is 43.7 Å². The molecule has 0 aliphatic carbocycles. The number of carbonyl (C=O) groups excluding carboxylic acids is 3. The molecule has 0 aromatic heterocycles. The lowest BCUT2D eigenvalue weighted by molar-refractivity contribution is -0.131. The number of rotatable bonds is 6. The van der Waals surface area contributed by atoms with Crippen LogP contribution in [0.3, 0.4) is 0 Å². The molecule has 2 atom stereocenters. The van der Waals surface area contributed by atoms with Gasteiger partial charge < -0.3 is 16.0 Å². The van der Waals surface area contributed by atoms with Gasteiger partial charge >= 0.3 is 0 Å². The van der Waals surface area contributed by atoms with Gasteiger partial charge in [-0.3, -0.25) is 14.4 Å². The van der Waals surface area contributed by atoms with Gasteiger partial charge in [-0.05, 0) is 18.4 Å². The summed E-state index contributed by atoms with van der Waals surface area (Å²) < 4.78 is 0. The first kappa shape index (κ1) is 18.0. The van der Waals surface area contributed by atoms with E-state index in [-0.39, 0.29) is 24.2 Å². The molecule has 1 aliphatic heterocycles. The Morgan fingerprint density at radius 2 is 1.92 bits per heavy atom. The minimum Gasteiger partial charge on any atom is -0.368 e. The number of hydrogen-bond acceptors (Lipinski definition) is 3. The molecule has 0 spiro atoms. The Hall–Kier alpha value is -2.37. The van der Waals surface area contributed by atoms with Crippen molar-refractivity contribution in [1.29, 1.82) is 0 Å². The number of hydrogen-bond donors (Lipinski definition) is 2. The van der Waals surface area contributed by atoms with E-state index in [4.69, 9.17) is 5.73 Å². The van der Waals surface area contributed by atoms with E-state index < -0.39 is 17.9 Å². The maximum absolute atomic E-state index is 12.4. The molecular weight excluding hydrogens is 306 g/mol. The molecule has 1 saturated heterocycles. The molecule has 2 rings (SSSR count). The molecule has 1 aliphatic rings. The number of aryl methyl sites for hydroxylation is 1. The van der Waals surface area contributed by atoms with E-state index in [9.17, 15) is 14.4 Å². The second kappa shape index (κ2) is 7.47. The topological polar surface area (TPSA) is 92.5 Å². The number of nitrogens with two attached hydrogens (primary N) is 1. The van der Waals surface area contributed by atoms with Crippen molar-refractivity contribution in [2.75, 3.05) is 6.54 Å². The molecule has 6 heteroatoms. The highest BCUT2D eigenvalue weighted by atomic mass is 16.2. The molecule has 130 valence electrons. The van der Waals surface area contributed by atoms with Crippen molar-refractivity contribution in [2.45, 2.75) is 39.8 Å². The Morgan fingerprint density at radius 1 is 1.29 bits per heavy atom. The number of nitrogens with one attached hydrogen (secondary N) is 1. The maximum atomic E-state index is 12.4. The van der Waals surface area contributed by atoms with Gasteiger partial charge in [0, 0.05) is 19.5 Å². The SMILES string of the molecule is Cc1ccc(CN2C[C@@H](C(=O)N[C@H](C(N)=O)C(C)C)CC2=O)cc1. The minimum absolute atomic E-state index is 0.0455. The Balaban J connectivity index is 1.97. The van der Waals surface area contributed by atoms with Gasteiger partial charge in [0.1, 0.15) is 6.04 Å². The summed E-state index contributed by atoms with van der Waals surface area (Å²) in [5, 5.41) is 2.68. The summed E-state index contributed by atoms with van der Waals surface area (Å²) >= 11 is 0. The zero-order valence-corrected chi connectivity index (χ0v) is 14.4. The molecule has 3 amide bonds. The van der Waals surface area contributed by atoms with Crippen LogP contribution in [0.15, 0.2) is 24.3 Å². The van der Waals surface area contributed by atoms with Gasteiger partial charge in [-0.25, -0.2) is 0 Å². The van der Waals surface area contributed by atoms with E-state index in [1.807, 2.05) is 45.0 Å². The van der Waals surface area contributed by atoms with Crippen molar-refractivity contribution in [2.24, 2.45) is 17.6 Å². The van der Waals surface area contributed by atoms with Crippen LogP contribution in [0, 0.1) is 18.8 Å². The molecule has 1 aromatic carbocycles. The van der Waals surface area contributed by atoms with Gasteiger partial charge in [-0.2, -0.15) is 0 Å². The second-order valence-corrected chi connectivity index (χ2v) is 6.79. The van der Waals surface area contributed by atoms with Gasteiger partial charge in [0.15, 0.2) is 0 Å². The smallest absolute Gasteiger partial charge is 0.240 e. The molecule has 24 heavy (non-hydrogen) atoms. The number of nitrogens with zero attached hydrogens (tertiary/aromatic N) is 1. The van der Waals surface area contributed by atoms with Crippen molar-refractivity contribution in [3.8, 4) is 0 Å². The summed E-state index contributed by atoms with van der Waals surface area (Å²) in [6, 6.07) is 7.26. The van der Waals surface area contributed by atoms with Gasteiger partial charge in [0.05, 0.1) is 5.92 Å². The molecular formula is C18H25N3O3. The molecule has 1 aromatic rings. The first-order chi connectivity index (χ1) is 11.3. The summed E-state index contributed by atoms with van der Waals surface area (Å²) in [7, 11) is 0. The van der Waals surface area contributed by atoms with Crippen LogP contribution in [0.4, 0.5) is 0 Å². The summed E-state index contributed by atoms with van der Waals surface area (Å²) in [6.45, 7) is 6.50. The zero-order chi connectivity index (χ0) is 17.9. The fraction of sp³-hybridized carbons (Fsp3) is 0.500. The van der Waals surface area contributed by atoms with Gasteiger partial charge in [0.25, 0.3) is 0 Å². The quantitative estimate of drug-likeness (QED) is 0.813. The number of likely N-dealkylation sites (tertiary alicyclic amines) is 1. The lowest BCUT2D eigenvalue weighted by Gasteiger charge is -2.21. The van der Waals surface area contributed by atoms with E-state index in [1.54, 1.807) is 4.90 Å². The van der Waals surface area contributed by atoms with Crippen molar-refractivity contribution in [3.63, 3.8) is 0 Å². The molecule has 6 nitrogen and oxygen atoms in total. The molecule has 1 heterocycles. The lowest BCUT2D eigenvalue weighted by Crippen LogP contribution is -2.49. The standard InChI is InChI=1S/C18H25N3O3/c1-11(2)16(17(19)23)20-18(24)14-8-15(22)21(10-14)9-13-6-4-12(3)5-7-13/h4-7,11,14,16H,8-10H2,1-3H3,(H2,19,23)(H,20,24)/t14-,16-/m0/s1. The van der Waals surface area contributed by atoms with Crippen LogP contribution in [0.25, 0.3) is 0 Å². The number of primary amides is 1. The monoisotopic (exact) mass is 331 g/mol. The highest BCUT2D eigenvalue weighted by Crippen LogP contribution is 2.21. The Bertz CT molecular complexity index is 625. The average molecular weight is 331 g/mol. The number of benzene rings is 1. The average Bonchev–Trinajstić information content (AvgIpc) is 2.87. The maximum Gasteiger partial charge on any atom is 0.240 e. The molecule has 0 bridgehead atoms. The first-order valence-corrected chi connectivity index (χ1v) is 8.21. The molecule has 0 unspecified atom stereocenters. The normalized spacial score (nSPS) is 18.8. The van der Waals surface area contributed by atoms with Crippen LogP contribution in [0.5, 0.6) is 0 Å². The van der Waals surface area contributed by atoms with E-state index in [0.717, 1.165) is 11.1 Å². The van der Waals surface area contributed by atoms with E-state index in [2.05, 4.69) is 5.32 Å². The zero-order valence-electron chi connectivity index (χ0n) is 14.4. The molecule has 3 N–H and O–H groups in total. The van der Waals surface area contributed by atoms with Crippen LogP contribution < -0.4 is 11.1 Å². The number of carbonyl (C=O) groups is 3. The number of amides is 3. The third-order valence-corrected chi connectivity index (χ3v) is 4.35. The van der Waals surface area contributed by atoms with Crippen molar-refractivity contribution >= 4 is 17.7 Å². The highest BCUT2D eigenvalue weighted by molar-refractivity contribution is 5.92. The third kappa shape index (κ3) is 4.34. The van der Waals surface area contributed by atoms with E-state index in [0.29, 0.717) is 13.1 Å². The second-order valence-electron chi connectivity index (χ2n) is 6.79. The third-order valence-electron chi connectivity index (χ3n) is 4.35. The molecule has 1 fully saturated rings. The Morgan fingerprint density at radius 3 is 2.46 bits per heavy atom. The fourth-order valence-corrected chi connectivity index (χ4v) is 2.85. The van der Waals surface area contributed by atoms with Crippen molar-refractivity contribution in [1.82, 2.24) is 10.2 Å². The largest absolute Gasteiger partial charge is 0.368 e. The van der Waals surface area contributed by atoms with Crippen LogP contribution in [-0.2, 0) is 20.9 Å².